The molecule has 0 spiro atoms. The minimum absolute atomic E-state index is 0.0444. The highest BCUT2D eigenvalue weighted by atomic mass is 19.1. The fraction of sp³-hybridized carbons (Fsp3) is 0.167. The molecular formula is C12H10FNO. The Bertz CT molecular complexity index is 522. The number of carbonyl (C=O) groups excluding carboxylic acids is 1. The van der Waals surface area contributed by atoms with Gasteiger partial charge in [0.15, 0.2) is 5.78 Å². The van der Waals surface area contributed by atoms with E-state index in [-0.39, 0.29) is 5.78 Å². The molecule has 2 rings (SSSR count). The Morgan fingerprint density at radius 2 is 2.07 bits per heavy atom. The van der Waals surface area contributed by atoms with Gasteiger partial charge in [0.25, 0.3) is 0 Å². The van der Waals surface area contributed by atoms with E-state index in [4.69, 9.17) is 0 Å². The highest BCUT2D eigenvalue weighted by Gasteiger charge is 2.04. The summed E-state index contributed by atoms with van der Waals surface area (Å²) in [5, 5.41) is 0.837. The normalized spacial score (nSPS) is 10.5. The molecule has 0 aliphatic heterocycles. The number of hydrogen-bond acceptors (Lipinski definition) is 2. The fourth-order valence-corrected chi connectivity index (χ4v) is 1.47. The Labute approximate surface area is 86.8 Å². The van der Waals surface area contributed by atoms with Gasteiger partial charge in [-0.05, 0) is 18.2 Å². The lowest BCUT2D eigenvalue weighted by molar-refractivity contribution is 0.0988. The van der Waals surface area contributed by atoms with Gasteiger partial charge in [-0.15, -0.1) is 0 Å². The fourth-order valence-electron chi connectivity index (χ4n) is 1.47. The molecule has 0 radical (unpaired) electrons. The average molecular weight is 203 g/mol. The number of ketones is 1. The van der Waals surface area contributed by atoms with Crippen molar-refractivity contribution < 1.29 is 9.18 Å². The van der Waals surface area contributed by atoms with Crippen molar-refractivity contribution in [2.75, 3.05) is 0 Å². The van der Waals surface area contributed by atoms with Gasteiger partial charge >= 0.3 is 0 Å². The third-order valence-electron chi connectivity index (χ3n) is 2.30. The summed E-state index contributed by atoms with van der Waals surface area (Å²) in [7, 11) is 0. The smallest absolute Gasteiger partial charge is 0.213 e. The molecule has 0 saturated heterocycles. The maximum absolute atomic E-state index is 12.9. The molecule has 0 fully saturated rings. The molecule has 1 heterocycles. The summed E-state index contributed by atoms with van der Waals surface area (Å²) < 4.78 is 12.9. The quantitative estimate of drug-likeness (QED) is 0.554. The summed E-state index contributed by atoms with van der Waals surface area (Å²) in [5.74, 6) is -0.480. The average Bonchev–Trinajstić information content (AvgIpc) is 2.27. The number of halogens is 1. The number of hydrogen-bond donors (Lipinski definition) is 0. The summed E-state index contributed by atoms with van der Waals surface area (Å²) in [6.07, 6.45) is 0.445. The standard InChI is InChI=1S/C12H10FNO/c1-2-11(15)9-4-3-8-5-6-12(13)14-10(8)7-9/h3-7H,2H2,1H3. The van der Waals surface area contributed by atoms with Crippen LogP contribution in [0.3, 0.4) is 0 Å². The number of carbonyl (C=O) groups is 1. The van der Waals surface area contributed by atoms with Gasteiger partial charge in [-0.2, -0.15) is 4.39 Å². The van der Waals surface area contributed by atoms with E-state index in [1.807, 2.05) is 0 Å². The van der Waals surface area contributed by atoms with E-state index in [0.29, 0.717) is 17.5 Å². The predicted octanol–water partition coefficient (Wildman–Crippen LogP) is 2.97. The number of pyridine rings is 1. The summed E-state index contributed by atoms with van der Waals surface area (Å²) in [5.41, 5.74) is 1.11. The van der Waals surface area contributed by atoms with E-state index in [1.165, 1.54) is 6.07 Å². The number of fused-ring (bicyclic) bond motifs is 1. The molecule has 0 saturated carbocycles. The summed E-state index contributed by atoms with van der Waals surface area (Å²) in [6, 6.07) is 8.12. The lowest BCUT2D eigenvalue weighted by Crippen LogP contribution is -1.96. The van der Waals surface area contributed by atoms with Crippen LogP contribution in [-0.2, 0) is 0 Å². The van der Waals surface area contributed by atoms with Gasteiger partial charge in [0, 0.05) is 17.4 Å². The molecule has 0 amide bonds. The monoisotopic (exact) mass is 203 g/mol. The van der Waals surface area contributed by atoms with Gasteiger partial charge in [0.1, 0.15) is 0 Å². The highest BCUT2D eigenvalue weighted by molar-refractivity contribution is 5.99. The molecule has 0 unspecified atom stereocenters. The Morgan fingerprint density at radius 1 is 1.33 bits per heavy atom. The number of Topliss-reactive ketones (excluding diaryl/α,β-unsaturated/α-hetero) is 1. The van der Waals surface area contributed by atoms with Crippen molar-refractivity contribution in [3.8, 4) is 0 Å². The maximum atomic E-state index is 12.9. The summed E-state index contributed by atoms with van der Waals surface area (Å²) >= 11 is 0. The van der Waals surface area contributed by atoms with Crippen LogP contribution in [0.5, 0.6) is 0 Å². The second kappa shape index (κ2) is 3.77. The molecule has 0 atom stereocenters. The van der Waals surface area contributed by atoms with Gasteiger partial charge < -0.3 is 0 Å². The van der Waals surface area contributed by atoms with Crippen molar-refractivity contribution in [3.05, 3.63) is 41.8 Å². The molecule has 1 aromatic carbocycles. The molecular weight excluding hydrogens is 193 g/mol. The lowest BCUT2D eigenvalue weighted by atomic mass is 10.1. The minimum Gasteiger partial charge on any atom is -0.294 e. The zero-order valence-electron chi connectivity index (χ0n) is 8.33. The zero-order chi connectivity index (χ0) is 10.8. The van der Waals surface area contributed by atoms with E-state index >= 15 is 0 Å². The van der Waals surface area contributed by atoms with Crippen LogP contribution in [0.4, 0.5) is 4.39 Å². The molecule has 2 nitrogen and oxygen atoms in total. The largest absolute Gasteiger partial charge is 0.294 e. The van der Waals surface area contributed by atoms with Crippen molar-refractivity contribution in [3.63, 3.8) is 0 Å². The first-order chi connectivity index (χ1) is 7.20. The second-order valence-corrected chi connectivity index (χ2v) is 3.32. The first-order valence-corrected chi connectivity index (χ1v) is 4.80. The maximum Gasteiger partial charge on any atom is 0.213 e. The number of aromatic nitrogens is 1. The van der Waals surface area contributed by atoms with Crippen LogP contribution in [-0.4, -0.2) is 10.8 Å². The van der Waals surface area contributed by atoms with E-state index in [2.05, 4.69) is 4.98 Å². The van der Waals surface area contributed by atoms with Crippen LogP contribution in [0.25, 0.3) is 10.9 Å². The van der Waals surface area contributed by atoms with E-state index in [0.717, 1.165) is 5.39 Å². The van der Waals surface area contributed by atoms with Gasteiger partial charge in [0.05, 0.1) is 5.52 Å². The van der Waals surface area contributed by atoms with Gasteiger partial charge in [-0.25, -0.2) is 4.98 Å². The highest BCUT2D eigenvalue weighted by Crippen LogP contribution is 2.15. The predicted molar refractivity (Wildman–Crippen MR) is 56.3 cm³/mol. The molecule has 0 aliphatic rings. The van der Waals surface area contributed by atoms with Crippen molar-refractivity contribution >= 4 is 16.7 Å². The number of nitrogens with zero attached hydrogens (tertiary/aromatic N) is 1. The van der Waals surface area contributed by atoms with Crippen LogP contribution in [0, 0.1) is 5.95 Å². The Morgan fingerprint density at radius 3 is 2.80 bits per heavy atom. The molecule has 3 heteroatoms. The molecule has 0 bridgehead atoms. The van der Waals surface area contributed by atoms with E-state index in [1.54, 1.807) is 31.2 Å². The third kappa shape index (κ3) is 1.86. The summed E-state index contributed by atoms with van der Waals surface area (Å²) in [4.78, 5) is 15.2. The molecule has 1 aromatic heterocycles. The van der Waals surface area contributed by atoms with Crippen LogP contribution in [0.1, 0.15) is 23.7 Å². The van der Waals surface area contributed by atoms with Gasteiger partial charge in [0.2, 0.25) is 5.95 Å². The Hall–Kier alpha value is -1.77. The van der Waals surface area contributed by atoms with Crippen LogP contribution in [0.15, 0.2) is 30.3 Å². The summed E-state index contributed by atoms with van der Waals surface area (Å²) in [6.45, 7) is 1.80. The van der Waals surface area contributed by atoms with Crippen LogP contribution in [0.2, 0.25) is 0 Å². The van der Waals surface area contributed by atoms with E-state index in [9.17, 15) is 9.18 Å². The molecule has 15 heavy (non-hydrogen) atoms. The molecule has 2 aromatic rings. The third-order valence-corrected chi connectivity index (χ3v) is 2.30. The van der Waals surface area contributed by atoms with Crippen molar-refractivity contribution in [2.45, 2.75) is 13.3 Å². The van der Waals surface area contributed by atoms with Gasteiger partial charge in [-0.1, -0.05) is 19.1 Å². The molecule has 0 N–H and O–H groups in total. The zero-order valence-corrected chi connectivity index (χ0v) is 8.33. The first kappa shape index (κ1) is 9.77. The van der Waals surface area contributed by atoms with Crippen LogP contribution >= 0.6 is 0 Å². The number of rotatable bonds is 2. The molecule has 76 valence electrons. The first-order valence-electron chi connectivity index (χ1n) is 4.80. The van der Waals surface area contributed by atoms with Crippen molar-refractivity contribution in [1.29, 1.82) is 0 Å². The van der Waals surface area contributed by atoms with E-state index < -0.39 is 5.95 Å². The van der Waals surface area contributed by atoms with Crippen molar-refractivity contribution in [2.24, 2.45) is 0 Å². The second-order valence-electron chi connectivity index (χ2n) is 3.32. The lowest BCUT2D eigenvalue weighted by Gasteiger charge is -2.00. The van der Waals surface area contributed by atoms with Crippen LogP contribution < -0.4 is 0 Å². The van der Waals surface area contributed by atoms with Crippen molar-refractivity contribution in [1.82, 2.24) is 4.98 Å². The number of benzene rings is 1. The minimum atomic E-state index is -0.524. The Kier molecular flexibility index (Phi) is 2.46. The SMILES string of the molecule is CCC(=O)c1ccc2ccc(F)nc2c1. The van der Waals surface area contributed by atoms with Gasteiger partial charge in [-0.3, -0.25) is 4.79 Å². The topological polar surface area (TPSA) is 30.0 Å². The Balaban J connectivity index is 2.59. The molecule has 0 aliphatic carbocycles.